The topological polar surface area (TPSA) is 82.9 Å². The fraction of sp³-hybridized carbons (Fsp3) is 0.500. The van der Waals surface area contributed by atoms with Crippen LogP contribution in [0.15, 0.2) is 47.9 Å². The minimum atomic E-state index is -0.223. The molecule has 2 N–H and O–H groups in total. The Morgan fingerprint density at radius 1 is 1.28 bits per heavy atom. The molecule has 32 heavy (non-hydrogen) atoms. The van der Waals surface area contributed by atoms with Crippen LogP contribution in [0.2, 0.25) is 0 Å². The Kier molecular flexibility index (Phi) is 8.88. The fourth-order valence-electron chi connectivity index (χ4n) is 3.80. The quantitative estimate of drug-likeness (QED) is 0.481. The van der Waals surface area contributed by atoms with Gasteiger partial charge in [-0.1, -0.05) is 40.1 Å². The molecular weight excluding hydrogens is 421 g/mol. The van der Waals surface area contributed by atoms with E-state index in [1.807, 2.05) is 44.4 Å². The minimum Gasteiger partial charge on any atom is -0.396 e. The van der Waals surface area contributed by atoms with Crippen LogP contribution in [0.4, 0.5) is 11.5 Å². The normalized spacial score (nSPS) is 25.5. The van der Waals surface area contributed by atoms with Crippen molar-refractivity contribution in [2.75, 3.05) is 31.3 Å². The first-order chi connectivity index (χ1) is 15.4. The average Bonchev–Trinajstić information content (AvgIpc) is 2.86. The molecule has 0 amide bonds. The van der Waals surface area contributed by atoms with Gasteiger partial charge >= 0.3 is 0 Å². The number of aryl methyl sites for hydroxylation is 1. The maximum atomic E-state index is 9.63. The van der Waals surface area contributed by atoms with Gasteiger partial charge in [0.2, 0.25) is 0 Å². The zero-order chi connectivity index (χ0) is 23.0. The molecule has 0 bridgehead atoms. The second-order valence-corrected chi connectivity index (χ2v) is 9.08. The highest BCUT2D eigenvalue weighted by Crippen LogP contribution is 2.34. The van der Waals surface area contributed by atoms with Crippen molar-refractivity contribution < 1.29 is 9.84 Å². The first kappa shape index (κ1) is 24.5. The zero-order valence-corrected chi connectivity index (χ0v) is 20.2. The summed E-state index contributed by atoms with van der Waals surface area (Å²) < 4.78 is 5.45. The van der Waals surface area contributed by atoms with Gasteiger partial charge in [-0.3, -0.25) is 5.32 Å². The Balaban J connectivity index is 1.91. The third-order valence-electron chi connectivity index (χ3n) is 5.78. The SMILES string of the molecule is C/C(=N\c1c(C)ncnc1N1/C=C/C=C\C=C\C(C)(CCO)C1)C(=P)NC1CCOCC1. The molecule has 3 heterocycles. The van der Waals surface area contributed by atoms with Crippen LogP contribution in [0.25, 0.3) is 0 Å². The number of rotatable bonds is 7. The maximum Gasteiger partial charge on any atom is 0.162 e. The monoisotopic (exact) mass is 455 g/mol. The predicted octanol–water partition coefficient (Wildman–Crippen LogP) is 3.75. The van der Waals surface area contributed by atoms with Gasteiger partial charge in [-0.25, -0.2) is 15.0 Å². The number of aliphatic hydroxyl groups excluding tert-OH is 1. The number of anilines is 1. The number of hydrogen-bond donors (Lipinski definition) is 2. The van der Waals surface area contributed by atoms with Crippen molar-refractivity contribution in [2.24, 2.45) is 10.4 Å². The van der Waals surface area contributed by atoms with Crippen LogP contribution >= 0.6 is 8.86 Å². The fourth-order valence-corrected chi connectivity index (χ4v) is 4.06. The lowest BCUT2D eigenvalue weighted by atomic mass is 9.86. The van der Waals surface area contributed by atoms with E-state index in [0.717, 1.165) is 54.4 Å². The number of hydrogen-bond acceptors (Lipinski definition) is 6. The van der Waals surface area contributed by atoms with Crippen LogP contribution in [-0.2, 0) is 4.74 Å². The summed E-state index contributed by atoms with van der Waals surface area (Å²) >= 11 is 0. The highest BCUT2D eigenvalue weighted by atomic mass is 31.0. The molecule has 0 aromatic carbocycles. The molecular formula is C24H34N5O2P. The number of aromatic nitrogens is 2. The second kappa shape index (κ2) is 11.6. The summed E-state index contributed by atoms with van der Waals surface area (Å²) in [5.74, 6) is 0.742. The smallest absolute Gasteiger partial charge is 0.162 e. The lowest BCUT2D eigenvalue weighted by Crippen LogP contribution is -2.40. The second-order valence-electron chi connectivity index (χ2n) is 8.58. The van der Waals surface area contributed by atoms with Gasteiger partial charge in [0.25, 0.3) is 0 Å². The average molecular weight is 456 g/mol. The minimum absolute atomic E-state index is 0.120. The van der Waals surface area contributed by atoms with Gasteiger partial charge < -0.3 is 14.7 Å². The molecule has 7 nitrogen and oxygen atoms in total. The Hall–Kier alpha value is -2.18. The van der Waals surface area contributed by atoms with Gasteiger partial charge in [0.1, 0.15) is 12.0 Å². The van der Waals surface area contributed by atoms with E-state index in [2.05, 4.69) is 42.0 Å². The molecule has 1 saturated heterocycles. The molecule has 8 heteroatoms. The molecule has 0 radical (unpaired) electrons. The molecule has 172 valence electrons. The van der Waals surface area contributed by atoms with Crippen LogP contribution in [0.1, 0.15) is 38.8 Å². The van der Waals surface area contributed by atoms with Crippen LogP contribution in [0.5, 0.6) is 0 Å². The number of allylic oxidation sites excluding steroid dienone is 4. The summed E-state index contributed by atoms with van der Waals surface area (Å²) in [4.78, 5) is 16.0. The van der Waals surface area contributed by atoms with Gasteiger partial charge in [-0.2, -0.15) is 0 Å². The highest BCUT2D eigenvalue weighted by Gasteiger charge is 2.26. The first-order valence-electron chi connectivity index (χ1n) is 11.1. The van der Waals surface area contributed by atoms with E-state index < -0.39 is 0 Å². The number of ether oxygens (including phenoxy) is 1. The summed E-state index contributed by atoms with van der Waals surface area (Å²) in [6, 6.07) is 0.368. The largest absolute Gasteiger partial charge is 0.396 e. The summed E-state index contributed by atoms with van der Waals surface area (Å²) in [6.45, 7) is 8.40. The molecule has 0 spiro atoms. The number of aliphatic imine (C=N–C) groups is 1. The lowest BCUT2D eigenvalue weighted by molar-refractivity contribution is 0.0827. The van der Waals surface area contributed by atoms with E-state index in [1.165, 1.54) is 0 Å². The van der Waals surface area contributed by atoms with E-state index in [-0.39, 0.29) is 12.0 Å². The van der Waals surface area contributed by atoms with Crippen molar-refractivity contribution >= 4 is 31.5 Å². The standard InChI is InChI=1S/C24H34N5O2P/c1-18-21(27-19(2)23(32)28-20-8-14-31-15-9-20)22(26-17-25-18)29-12-7-5-4-6-10-24(3,16-29)11-13-30/h4-7,10,12,17,20,28,30,32H,8-9,11,13-16H2,1-3H3/b5-4-,10-6+,12-7+,27-19+. The van der Waals surface area contributed by atoms with E-state index in [4.69, 9.17) is 9.73 Å². The summed E-state index contributed by atoms with van der Waals surface area (Å²) in [7, 11) is 3.73. The Morgan fingerprint density at radius 3 is 2.78 bits per heavy atom. The molecule has 2 aliphatic heterocycles. The van der Waals surface area contributed by atoms with Gasteiger partial charge in [-0.15, -0.1) is 0 Å². The first-order valence-corrected chi connectivity index (χ1v) is 11.6. The van der Waals surface area contributed by atoms with Gasteiger partial charge in [0, 0.05) is 44.0 Å². The molecule has 1 aromatic heterocycles. The van der Waals surface area contributed by atoms with Gasteiger partial charge in [-0.05, 0) is 39.2 Å². The Morgan fingerprint density at radius 2 is 2.03 bits per heavy atom. The zero-order valence-electron chi connectivity index (χ0n) is 19.2. The van der Waals surface area contributed by atoms with Crippen molar-refractivity contribution in [3.05, 3.63) is 48.6 Å². The summed E-state index contributed by atoms with van der Waals surface area (Å²) in [5, 5.41) is 13.1. The van der Waals surface area contributed by atoms with Crippen LogP contribution in [0, 0.1) is 12.3 Å². The molecule has 1 atom stereocenters. The van der Waals surface area contributed by atoms with Gasteiger partial charge in [0.05, 0.1) is 16.8 Å². The molecule has 2 aliphatic rings. The Labute approximate surface area is 193 Å². The number of aliphatic hydroxyl groups is 1. The molecule has 1 fully saturated rings. The van der Waals surface area contributed by atoms with Crippen LogP contribution < -0.4 is 10.2 Å². The summed E-state index contributed by atoms with van der Waals surface area (Å²) in [6.07, 6.45) is 16.3. The van der Waals surface area contributed by atoms with Crippen molar-refractivity contribution in [3.63, 3.8) is 0 Å². The molecule has 1 unspecified atom stereocenters. The van der Waals surface area contributed by atoms with Crippen molar-refractivity contribution in [3.8, 4) is 0 Å². The van der Waals surface area contributed by atoms with Crippen molar-refractivity contribution in [2.45, 2.75) is 46.1 Å². The molecule has 3 rings (SSSR count). The highest BCUT2D eigenvalue weighted by molar-refractivity contribution is 7.25. The van der Waals surface area contributed by atoms with E-state index >= 15 is 0 Å². The lowest BCUT2D eigenvalue weighted by Gasteiger charge is -2.32. The third kappa shape index (κ3) is 6.66. The molecule has 1 aromatic rings. The van der Waals surface area contributed by atoms with Crippen molar-refractivity contribution in [1.82, 2.24) is 15.3 Å². The van der Waals surface area contributed by atoms with E-state index in [1.54, 1.807) is 6.33 Å². The number of nitrogens with zero attached hydrogens (tertiary/aromatic N) is 4. The van der Waals surface area contributed by atoms with Gasteiger partial charge in [0.15, 0.2) is 5.82 Å². The van der Waals surface area contributed by atoms with E-state index in [9.17, 15) is 5.11 Å². The summed E-state index contributed by atoms with van der Waals surface area (Å²) in [5.41, 5.74) is 3.01. The third-order valence-corrected chi connectivity index (χ3v) is 6.29. The van der Waals surface area contributed by atoms with E-state index in [0.29, 0.717) is 19.0 Å². The number of nitrogens with one attached hydrogen (secondary N) is 1. The van der Waals surface area contributed by atoms with Crippen molar-refractivity contribution in [1.29, 1.82) is 0 Å². The molecule has 0 saturated carbocycles. The Bertz CT molecular complexity index is 921. The van der Waals surface area contributed by atoms with Crippen LogP contribution in [0.3, 0.4) is 0 Å². The molecule has 0 aliphatic carbocycles. The van der Waals surface area contributed by atoms with Crippen LogP contribution in [-0.4, -0.2) is 58.6 Å². The predicted molar refractivity (Wildman–Crippen MR) is 134 cm³/mol. The maximum absolute atomic E-state index is 9.63.